The third kappa shape index (κ3) is 5.11. The SMILES string of the molecule is CCCCc1ccc(NC(=O)COCc2nc3ccccc3s2)cc1. The van der Waals surface area contributed by atoms with Crippen molar-refractivity contribution in [3.8, 4) is 0 Å². The maximum absolute atomic E-state index is 12.0. The van der Waals surface area contributed by atoms with Crippen molar-refractivity contribution in [3.05, 3.63) is 59.1 Å². The number of para-hydroxylation sites is 1. The number of fused-ring (bicyclic) bond motifs is 1. The normalized spacial score (nSPS) is 10.9. The summed E-state index contributed by atoms with van der Waals surface area (Å²) in [5.74, 6) is -0.151. The summed E-state index contributed by atoms with van der Waals surface area (Å²) < 4.78 is 6.63. The van der Waals surface area contributed by atoms with Crippen LogP contribution in [-0.2, 0) is 22.6 Å². The maximum Gasteiger partial charge on any atom is 0.250 e. The fourth-order valence-electron chi connectivity index (χ4n) is 2.55. The van der Waals surface area contributed by atoms with Crippen LogP contribution in [0, 0.1) is 0 Å². The molecule has 4 nitrogen and oxygen atoms in total. The number of aromatic nitrogens is 1. The second kappa shape index (κ2) is 8.74. The Balaban J connectivity index is 1.44. The predicted molar refractivity (Wildman–Crippen MR) is 103 cm³/mol. The van der Waals surface area contributed by atoms with Gasteiger partial charge in [-0.1, -0.05) is 37.6 Å². The van der Waals surface area contributed by atoms with E-state index >= 15 is 0 Å². The number of unbranched alkanes of at least 4 members (excludes halogenated alkanes) is 1. The lowest BCUT2D eigenvalue weighted by atomic mass is 10.1. The molecule has 0 spiro atoms. The van der Waals surface area contributed by atoms with Crippen LogP contribution in [0.1, 0.15) is 30.3 Å². The number of carbonyl (C=O) groups excluding carboxylic acids is 1. The van der Waals surface area contributed by atoms with Gasteiger partial charge in [0.1, 0.15) is 11.6 Å². The molecule has 0 saturated carbocycles. The van der Waals surface area contributed by atoms with Gasteiger partial charge < -0.3 is 10.1 Å². The summed E-state index contributed by atoms with van der Waals surface area (Å²) in [6.07, 6.45) is 3.45. The summed E-state index contributed by atoms with van der Waals surface area (Å²) in [7, 11) is 0. The Hall–Kier alpha value is -2.24. The Morgan fingerprint density at radius 3 is 2.72 bits per heavy atom. The molecule has 0 unspecified atom stereocenters. The molecular formula is C20H22N2O2S. The summed E-state index contributed by atoms with van der Waals surface area (Å²) in [5.41, 5.74) is 3.07. The van der Waals surface area contributed by atoms with Gasteiger partial charge in [-0.15, -0.1) is 11.3 Å². The number of thiazole rings is 1. The van der Waals surface area contributed by atoms with E-state index in [9.17, 15) is 4.79 Å². The van der Waals surface area contributed by atoms with Gasteiger partial charge in [0.05, 0.1) is 16.8 Å². The van der Waals surface area contributed by atoms with Gasteiger partial charge in [-0.2, -0.15) is 0 Å². The first-order chi connectivity index (χ1) is 12.2. The zero-order chi connectivity index (χ0) is 17.5. The number of nitrogens with one attached hydrogen (secondary N) is 1. The summed E-state index contributed by atoms with van der Waals surface area (Å²) in [4.78, 5) is 16.5. The molecule has 1 N–H and O–H groups in total. The minimum Gasteiger partial charge on any atom is -0.364 e. The van der Waals surface area contributed by atoms with Crippen LogP contribution in [0.5, 0.6) is 0 Å². The van der Waals surface area contributed by atoms with Crippen molar-refractivity contribution >= 4 is 33.1 Å². The predicted octanol–water partition coefficient (Wildman–Crippen LogP) is 4.79. The van der Waals surface area contributed by atoms with Gasteiger partial charge in [-0.3, -0.25) is 4.79 Å². The van der Waals surface area contributed by atoms with E-state index in [1.54, 1.807) is 11.3 Å². The van der Waals surface area contributed by atoms with Crippen LogP contribution >= 0.6 is 11.3 Å². The molecule has 5 heteroatoms. The topological polar surface area (TPSA) is 51.2 Å². The Morgan fingerprint density at radius 2 is 1.96 bits per heavy atom. The molecule has 3 rings (SSSR count). The van der Waals surface area contributed by atoms with Crippen molar-refractivity contribution in [1.82, 2.24) is 4.98 Å². The van der Waals surface area contributed by atoms with E-state index in [0.717, 1.165) is 27.3 Å². The molecule has 1 amide bonds. The first kappa shape index (κ1) is 17.6. The summed E-state index contributed by atoms with van der Waals surface area (Å²) in [6.45, 7) is 2.55. The number of nitrogens with zero attached hydrogens (tertiary/aromatic N) is 1. The van der Waals surface area contributed by atoms with Crippen LogP contribution in [0.15, 0.2) is 48.5 Å². The molecule has 1 heterocycles. The largest absolute Gasteiger partial charge is 0.364 e. The Bertz CT molecular complexity index is 794. The highest BCUT2D eigenvalue weighted by Gasteiger charge is 2.06. The molecule has 130 valence electrons. The number of hydrogen-bond donors (Lipinski definition) is 1. The van der Waals surface area contributed by atoms with Crippen molar-refractivity contribution in [2.75, 3.05) is 11.9 Å². The molecule has 0 saturated heterocycles. The van der Waals surface area contributed by atoms with E-state index in [1.165, 1.54) is 18.4 Å². The average Bonchev–Trinajstić information content (AvgIpc) is 3.04. The van der Waals surface area contributed by atoms with Gasteiger partial charge in [-0.25, -0.2) is 4.98 Å². The second-order valence-electron chi connectivity index (χ2n) is 5.92. The highest BCUT2D eigenvalue weighted by atomic mass is 32.1. The molecule has 0 fully saturated rings. The maximum atomic E-state index is 12.0. The molecule has 0 atom stereocenters. The van der Waals surface area contributed by atoms with E-state index in [2.05, 4.69) is 29.4 Å². The Kier molecular flexibility index (Phi) is 6.14. The van der Waals surface area contributed by atoms with Gasteiger partial charge in [0, 0.05) is 5.69 Å². The molecule has 2 aromatic carbocycles. The molecule has 0 aliphatic carbocycles. The van der Waals surface area contributed by atoms with E-state index in [4.69, 9.17) is 4.74 Å². The van der Waals surface area contributed by atoms with Crippen molar-refractivity contribution in [2.24, 2.45) is 0 Å². The van der Waals surface area contributed by atoms with E-state index < -0.39 is 0 Å². The summed E-state index contributed by atoms with van der Waals surface area (Å²) in [5, 5.41) is 3.74. The van der Waals surface area contributed by atoms with E-state index in [1.807, 2.05) is 36.4 Å². The molecule has 25 heavy (non-hydrogen) atoms. The molecule has 0 bridgehead atoms. The number of benzene rings is 2. The summed E-state index contributed by atoms with van der Waals surface area (Å²) >= 11 is 1.59. The third-order valence-electron chi connectivity index (χ3n) is 3.85. The molecule has 1 aromatic heterocycles. The van der Waals surface area contributed by atoms with Crippen LogP contribution in [0.3, 0.4) is 0 Å². The lowest BCUT2D eigenvalue weighted by Gasteiger charge is -2.07. The Labute approximate surface area is 151 Å². The number of aryl methyl sites for hydroxylation is 1. The van der Waals surface area contributed by atoms with E-state index in [0.29, 0.717) is 6.61 Å². The lowest BCUT2D eigenvalue weighted by molar-refractivity contribution is -0.121. The highest BCUT2D eigenvalue weighted by Crippen LogP contribution is 2.21. The zero-order valence-corrected chi connectivity index (χ0v) is 15.1. The smallest absolute Gasteiger partial charge is 0.250 e. The van der Waals surface area contributed by atoms with Crippen molar-refractivity contribution < 1.29 is 9.53 Å². The van der Waals surface area contributed by atoms with Gasteiger partial charge in [0.25, 0.3) is 0 Å². The van der Waals surface area contributed by atoms with Crippen LogP contribution in [0.4, 0.5) is 5.69 Å². The van der Waals surface area contributed by atoms with E-state index in [-0.39, 0.29) is 12.5 Å². The molecule has 3 aromatic rings. The van der Waals surface area contributed by atoms with Crippen LogP contribution in [-0.4, -0.2) is 17.5 Å². The number of ether oxygens (including phenoxy) is 1. The van der Waals surface area contributed by atoms with Crippen LogP contribution < -0.4 is 5.32 Å². The van der Waals surface area contributed by atoms with Crippen molar-refractivity contribution in [1.29, 1.82) is 0 Å². The average molecular weight is 354 g/mol. The number of amides is 1. The minimum absolute atomic E-state index is 0.0213. The Morgan fingerprint density at radius 1 is 1.16 bits per heavy atom. The van der Waals surface area contributed by atoms with Crippen LogP contribution in [0.25, 0.3) is 10.2 Å². The number of carbonyl (C=O) groups is 1. The molecular weight excluding hydrogens is 332 g/mol. The molecule has 0 aliphatic rings. The quantitative estimate of drug-likeness (QED) is 0.632. The van der Waals surface area contributed by atoms with Gasteiger partial charge in [-0.05, 0) is 42.7 Å². The highest BCUT2D eigenvalue weighted by molar-refractivity contribution is 7.18. The lowest BCUT2D eigenvalue weighted by Crippen LogP contribution is -2.18. The number of hydrogen-bond acceptors (Lipinski definition) is 4. The number of rotatable bonds is 8. The first-order valence-electron chi connectivity index (χ1n) is 8.55. The zero-order valence-electron chi connectivity index (χ0n) is 14.3. The van der Waals surface area contributed by atoms with Crippen LogP contribution in [0.2, 0.25) is 0 Å². The fraction of sp³-hybridized carbons (Fsp3) is 0.300. The van der Waals surface area contributed by atoms with Crippen molar-refractivity contribution in [2.45, 2.75) is 32.8 Å². The van der Waals surface area contributed by atoms with Gasteiger partial charge in [0.2, 0.25) is 5.91 Å². The molecule has 0 radical (unpaired) electrons. The second-order valence-corrected chi connectivity index (χ2v) is 7.03. The fourth-order valence-corrected chi connectivity index (χ4v) is 3.45. The monoisotopic (exact) mass is 354 g/mol. The van der Waals surface area contributed by atoms with Crippen molar-refractivity contribution in [3.63, 3.8) is 0 Å². The first-order valence-corrected chi connectivity index (χ1v) is 9.37. The van der Waals surface area contributed by atoms with Gasteiger partial charge in [0.15, 0.2) is 0 Å². The third-order valence-corrected chi connectivity index (χ3v) is 4.86. The summed E-state index contributed by atoms with van der Waals surface area (Å²) in [6, 6.07) is 16.0. The van der Waals surface area contributed by atoms with Gasteiger partial charge >= 0.3 is 0 Å². The number of anilines is 1. The molecule has 0 aliphatic heterocycles. The minimum atomic E-state index is -0.151. The standard InChI is InChI=1S/C20H22N2O2S/c1-2-3-6-15-9-11-16(12-10-15)21-19(23)13-24-14-20-22-17-7-4-5-8-18(17)25-20/h4-5,7-12H,2-3,6,13-14H2,1H3,(H,21,23).